The molecule has 2 rings (SSSR count). The minimum Gasteiger partial charge on any atom is -0.392 e. The number of hydrogen-bond donors (Lipinski definition) is 1. The molecule has 0 aromatic carbocycles. The van der Waals surface area contributed by atoms with Crippen LogP contribution in [0.2, 0.25) is 0 Å². The molecule has 0 spiro atoms. The molecule has 2 aliphatic heterocycles. The predicted molar refractivity (Wildman–Crippen MR) is 53.1 cm³/mol. The highest BCUT2D eigenvalue weighted by Crippen LogP contribution is 2.21. The van der Waals surface area contributed by atoms with E-state index in [0.29, 0.717) is 12.5 Å². The third kappa shape index (κ3) is 2.13. The number of carbonyl (C=O) groups excluding carboxylic acids is 1. The van der Waals surface area contributed by atoms with E-state index in [1.54, 1.807) is 0 Å². The van der Waals surface area contributed by atoms with Crippen molar-refractivity contribution in [2.75, 3.05) is 32.7 Å². The first-order valence-corrected chi connectivity index (χ1v) is 5.37. The molecule has 2 atom stereocenters. The van der Waals surface area contributed by atoms with Gasteiger partial charge < -0.3 is 14.8 Å². The molecule has 2 heterocycles. The largest absolute Gasteiger partial charge is 0.392 e. The van der Waals surface area contributed by atoms with Gasteiger partial charge in [-0.25, -0.2) is 0 Å². The number of aldehydes is 1. The zero-order valence-electron chi connectivity index (χ0n) is 8.43. The summed E-state index contributed by atoms with van der Waals surface area (Å²) in [5.41, 5.74) is 0. The molecule has 0 saturated carbocycles. The van der Waals surface area contributed by atoms with Gasteiger partial charge in [0.1, 0.15) is 6.29 Å². The molecule has 0 aromatic rings. The van der Waals surface area contributed by atoms with Gasteiger partial charge in [0.25, 0.3) is 0 Å². The minimum absolute atomic E-state index is 0.133. The summed E-state index contributed by atoms with van der Waals surface area (Å²) in [6.45, 7) is 4.82. The zero-order chi connectivity index (χ0) is 9.97. The van der Waals surface area contributed by atoms with E-state index in [1.165, 1.54) is 0 Å². The van der Waals surface area contributed by atoms with Gasteiger partial charge in [0.2, 0.25) is 0 Å². The third-order valence-corrected chi connectivity index (χ3v) is 3.24. The van der Waals surface area contributed by atoms with Crippen molar-refractivity contribution in [1.82, 2.24) is 9.80 Å². The molecule has 2 unspecified atom stereocenters. The van der Waals surface area contributed by atoms with Crippen LogP contribution in [0.15, 0.2) is 0 Å². The second-order valence-corrected chi connectivity index (χ2v) is 4.29. The summed E-state index contributed by atoms with van der Waals surface area (Å²) in [7, 11) is 0. The number of carbonyl (C=O) groups is 1. The zero-order valence-corrected chi connectivity index (χ0v) is 8.43. The summed E-state index contributed by atoms with van der Waals surface area (Å²) in [4.78, 5) is 14.9. The molecular weight excluding hydrogens is 180 g/mol. The van der Waals surface area contributed by atoms with Crippen LogP contribution in [0.25, 0.3) is 0 Å². The average molecular weight is 198 g/mol. The lowest BCUT2D eigenvalue weighted by molar-refractivity contribution is -0.108. The molecule has 0 aliphatic carbocycles. The Hall–Kier alpha value is -0.450. The van der Waals surface area contributed by atoms with Crippen molar-refractivity contribution in [2.24, 2.45) is 0 Å². The molecule has 2 fully saturated rings. The second kappa shape index (κ2) is 4.38. The number of rotatable bonds is 3. The van der Waals surface area contributed by atoms with Gasteiger partial charge in [-0.2, -0.15) is 0 Å². The molecule has 2 aliphatic rings. The van der Waals surface area contributed by atoms with Crippen molar-refractivity contribution in [3.05, 3.63) is 0 Å². The summed E-state index contributed by atoms with van der Waals surface area (Å²) in [5, 5.41) is 9.51. The van der Waals surface area contributed by atoms with E-state index in [9.17, 15) is 9.90 Å². The first-order valence-electron chi connectivity index (χ1n) is 5.37. The molecular formula is C10H18N2O2. The van der Waals surface area contributed by atoms with Crippen LogP contribution < -0.4 is 0 Å². The topological polar surface area (TPSA) is 43.8 Å². The molecule has 0 bridgehead atoms. The molecule has 4 heteroatoms. The van der Waals surface area contributed by atoms with Crippen molar-refractivity contribution in [3.8, 4) is 0 Å². The number of fused-ring (bicyclic) bond motifs is 1. The van der Waals surface area contributed by atoms with E-state index in [-0.39, 0.29) is 6.10 Å². The Morgan fingerprint density at radius 2 is 2.21 bits per heavy atom. The lowest BCUT2D eigenvalue weighted by Crippen LogP contribution is -2.50. The van der Waals surface area contributed by atoms with E-state index in [4.69, 9.17) is 0 Å². The van der Waals surface area contributed by atoms with Gasteiger partial charge in [-0.15, -0.1) is 0 Å². The quantitative estimate of drug-likeness (QED) is 0.611. The van der Waals surface area contributed by atoms with Crippen LogP contribution in [0.4, 0.5) is 0 Å². The number of hydrogen-bond acceptors (Lipinski definition) is 4. The molecule has 1 N–H and O–H groups in total. The second-order valence-electron chi connectivity index (χ2n) is 4.29. The van der Waals surface area contributed by atoms with Gasteiger partial charge in [0.15, 0.2) is 0 Å². The molecule has 0 amide bonds. The maximum Gasteiger partial charge on any atom is 0.121 e. The smallest absolute Gasteiger partial charge is 0.121 e. The summed E-state index contributed by atoms with van der Waals surface area (Å²) < 4.78 is 0. The SMILES string of the molecule is O=CCCN1CCN2CC(O)CC2C1. The van der Waals surface area contributed by atoms with Gasteiger partial charge >= 0.3 is 0 Å². The lowest BCUT2D eigenvalue weighted by Gasteiger charge is -2.36. The van der Waals surface area contributed by atoms with E-state index in [2.05, 4.69) is 9.80 Å². The summed E-state index contributed by atoms with van der Waals surface area (Å²) >= 11 is 0. The van der Waals surface area contributed by atoms with Crippen LogP contribution in [0, 0.1) is 0 Å². The Labute approximate surface area is 84.5 Å². The normalized spacial score (nSPS) is 34.4. The van der Waals surface area contributed by atoms with Gasteiger partial charge in [-0.1, -0.05) is 0 Å². The molecule has 2 saturated heterocycles. The van der Waals surface area contributed by atoms with Crippen LogP contribution in [0.1, 0.15) is 12.8 Å². The first-order chi connectivity index (χ1) is 6.79. The highest BCUT2D eigenvalue weighted by molar-refractivity contribution is 5.49. The predicted octanol–water partition coefficient (Wildman–Crippen LogP) is -0.674. The van der Waals surface area contributed by atoms with E-state index in [0.717, 1.165) is 45.4 Å². The van der Waals surface area contributed by atoms with Gasteiger partial charge in [-0.3, -0.25) is 4.90 Å². The van der Waals surface area contributed by atoms with Crippen molar-refractivity contribution in [2.45, 2.75) is 25.0 Å². The minimum atomic E-state index is -0.133. The Morgan fingerprint density at radius 1 is 1.36 bits per heavy atom. The van der Waals surface area contributed by atoms with Crippen molar-refractivity contribution in [3.63, 3.8) is 0 Å². The molecule has 0 aromatic heterocycles. The summed E-state index contributed by atoms with van der Waals surface area (Å²) in [6, 6.07) is 0.519. The van der Waals surface area contributed by atoms with Gasteiger partial charge in [0.05, 0.1) is 6.10 Å². The fraction of sp³-hybridized carbons (Fsp3) is 0.900. The Morgan fingerprint density at radius 3 is 3.00 bits per heavy atom. The molecule has 80 valence electrons. The van der Waals surface area contributed by atoms with Crippen molar-refractivity contribution >= 4 is 6.29 Å². The maximum atomic E-state index is 10.3. The summed E-state index contributed by atoms with van der Waals surface area (Å²) in [6.07, 6.45) is 2.38. The highest BCUT2D eigenvalue weighted by Gasteiger charge is 2.34. The van der Waals surface area contributed by atoms with E-state index < -0.39 is 0 Å². The van der Waals surface area contributed by atoms with Crippen LogP contribution >= 0.6 is 0 Å². The van der Waals surface area contributed by atoms with E-state index in [1.807, 2.05) is 0 Å². The van der Waals surface area contributed by atoms with Crippen molar-refractivity contribution < 1.29 is 9.90 Å². The third-order valence-electron chi connectivity index (χ3n) is 3.24. The van der Waals surface area contributed by atoms with Crippen LogP contribution in [-0.2, 0) is 4.79 Å². The van der Waals surface area contributed by atoms with Crippen LogP contribution in [0.5, 0.6) is 0 Å². The average Bonchev–Trinajstić information content (AvgIpc) is 2.54. The maximum absolute atomic E-state index is 10.3. The number of aliphatic hydroxyl groups is 1. The number of piperazine rings is 1. The van der Waals surface area contributed by atoms with E-state index >= 15 is 0 Å². The number of aliphatic hydroxyl groups excluding tert-OH is 1. The molecule has 0 radical (unpaired) electrons. The monoisotopic (exact) mass is 198 g/mol. The van der Waals surface area contributed by atoms with Gasteiger partial charge in [0, 0.05) is 45.2 Å². The fourth-order valence-corrected chi connectivity index (χ4v) is 2.52. The van der Waals surface area contributed by atoms with Crippen molar-refractivity contribution in [1.29, 1.82) is 0 Å². The van der Waals surface area contributed by atoms with Crippen LogP contribution in [-0.4, -0.2) is 66.1 Å². The highest BCUT2D eigenvalue weighted by atomic mass is 16.3. The van der Waals surface area contributed by atoms with Crippen LogP contribution in [0.3, 0.4) is 0 Å². The van der Waals surface area contributed by atoms with Gasteiger partial charge in [-0.05, 0) is 6.42 Å². The summed E-state index contributed by atoms with van der Waals surface area (Å²) in [5.74, 6) is 0. The Balaban J connectivity index is 1.82. The fourth-order valence-electron chi connectivity index (χ4n) is 2.52. The standard InChI is InChI=1S/C10H18N2O2/c13-5-1-2-11-3-4-12-8-10(14)6-9(12)7-11/h5,9-10,14H,1-4,6-8H2. The lowest BCUT2D eigenvalue weighted by atomic mass is 10.1. The Bertz CT molecular complexity index is 210. The molecule has 14 heavy (non-hydrogen) atoms. The molecule has 4 nitrogen and oxygen atoms in total. The number of nitrogens with zero attached hydrogens (tertiary/aromatic N) is 2. The Kier molecular flexibility index (Phi) is 3.15. The first kappa shape index (κ1) is 10.1.